The maximum Gasteiger partial charge on any atom is 0.228 e. The molecule has 10 nitrogen and oxygen atoms in total. The molecule has 158 valence electrons. The Labute approximate surface area is 178 Å². The summed E-state index contributed by atoms with van der Waals surface area (Å²) in [6, 6.07) is 7.52. The van der Waals surface area contributed by atoms with Gasteiger partial charge in [0.15, 0.2) is 5.78 Å². The van der Waals surface area contributed by atoms with E-state index in [1.807, 2.05) is 24.3 Å². The standard InChI is InChI=1S/C21H21N7O3/c22-20-23-10-14(11-24-20)17-9-19(27-21(26-17)28-3-5-30-6-4-28)25-15-2-1-13-7-16(29)12-31-18(13)8-15/h1-2,8-11H,3-7,12H2,(H2,22,23,24)(H,25,26,27). The Morgan fingerprint density at radius 3 is 2.68 bits per heavy atom. The van der Waals surface area contributed by atoms with Gasteiger partial charge in [0.2, 0.25) is 11.9 Å². The van der Waals surface area contributed by atoms with Crippen LogP contribution in [0.15, 0.2) is 36.7 Å². The molecule has 2 aliphatic heterocycles. The van der Waals surface area contributed by atoms with Crippen molar-refractivity contribution >= 4 is 29.2 Å². The van der Waals surface area contributed by atoms with Gasteiger partial charge in [0.05, 0.1) is 18.9 Å². The number of fused-ring (bicyclic) bond motifs is 1. The summed E-state index contributed by atoms with van der Waals surface area (Å²) in [6.07, 6.45) is 3.67. The molecule has 0 unspecified atom stereocenters. The van der Waals surface area contributed by atoms with Crippen molar-refractivity contribution in [3.05, 3.63) is 42.2 Å². The fraction of sp³-hybridized carbons (Fsp3) is 0.286. The molecule has 10 heteroatoms. The molecule has 0 bridgehead atoms. The summed E-state index contributed by atoms with van der Waals surface area (Å²) in [4.78, 5) is 31.2. The number of benzene rings is 1. The molecule has 31 heavy (non-hydrogen) atoms. The Hall–Kier alpha value is -3.79. The number of nitrogens with two attached hydrogens (primary N) is 1. The van der Waals surface area contributed by atoms with E-state index in [2.05, 4.69) is 20.2 Å². The number of anilines is 4. The first-order chi connectivity index (χ1) is 15.1. The molecular formula is C21H21N7O3. The Morgan fingerprint density at radius 2 is 1.87 bits per heavy atom. The largest absolute Gasteiger partial charge is 0.485 e. The molecule has 5 rings (SSSR count). The van der Waals surface area contributed by atoms with E-state index in [0.717, 1.165) is 16.8 Å². The lowest BCUT2D eigenvalue weighted by atomic mass is 10.1. The van der Waals surface area contributed by atoms with Crippen molar-refractivity contribution in [3.8, 4) is 17.0 Å². The van der Waals surface area contributed by atoms with Crippen LogP contribution in [0.4, 0.5) is 23.4 Å². The SMILES string of the molecule is Nc1ncc(-c2cc(Nc3ccc4c(c3)OCC(=O)C4)nc(N3CCOCC3)n2)cn1. The van der Waals surface area contributed by atoms with Crippen LogP contribution in [0.3, 0.4) is 0 Å². The quantitative estimate of drug-likeness (QED) is 0.643. The summed E-state index contributed by atoms with van der Waals surface area (Å²) in [7, 11) is 0. The Balaban J connectivity index is 1.49. The fourth-order valence-electron chi connectivity index (χ4n) is 3.50. The summed E-state index contributed by atoms with van der Waals surface area (Å²) in [5.41, 5.74) is 8.73. The van der Waals surface area contributed by atoms with Crippen LogP contribution in [0.2, 0.25) is 0 Å². The highest BCUT2D eigenvalue weighted by atomic mass is 16.5. The van der Waals surface area contributed by atoms with Gasteiger partial charge in [-0.1, -0.05) is 6.07 Å². The maximum atomic E-state index is 11.6. The topological polar surface area (TPSA) is 128 Å². The van der Waals surface area contributed by atoms with Crippen LogP contribution in [0.25, 0.3) is 11.3 Å². The van der Waals surface area contributed by atoms with Gasteiger partial charge in [0.1, 0.15) is 18.2 Å². The molecule has 0 radical (unpaired) electrons. The molecule has 1 fully saturated rings. The maximum absolute atomic E-state index is 11.6. The van der Waals surface area contributed by atoms with Crippen LogP contribution in [-0.4, -0.2) is 58.6 Å². The van der Waals surface area contributed by atoms with Crippen LogP contribution in [-0.2, 0) is 16.0 Å². The van der Waals surface area contributed by atoms with Gasteiger partial charge < -0.3 is 25.4 Å². The minimum Gasteiger partial charge on any atom is -0.485 e. The Morgan fingerprint density at radius 1 is 1.06 bits per heavy atom. The number of aromatic nitrogens is 4. The van der Waals surface area contributed by atoms with E-state index in [0.29, 0.717) is 55.9 Å². The number of Topliss-reactive ketones (excluding diaryl/α,β-unsaturated/α-hetero) is 1. The van der Waals surface area contributed by atoms with E-state index in [4.69, 9.17) is 25.2 Å². The van der Waals surface area contributed by atoms with Gasteiger partial charge in [-0.15, -0.1) is 0 Å². The molecule has 4 heterocycles. The number of ether oxygens (including phenoxy) is 2. The van der Waals surface area contributed by atoms with Crippen molar-refractivity contribution in [2.24, 2.45) is 0 Å². The number of nitrogens with zero attached hydrogens (tertiary/aromatic N) is 5. The molecule has 3 N–H and O–H groups in total. The molecule has 0 atom stereocenters. The lowest BCUT2D eigenvalue weighted by molar-refractivity contribution is -0.121. The van der Waals surface area contributed by atoms with Crippen LogP contribution in [0.5, 0.6) is 5.75 Å². The van der Waals surface area contributed by atoms with Gasteiger partial charge >= 0.3 is 0 Å². The summed E-state index contributed by atoms with van der Waals surface area (Å²) in [6.45, 7) is 2.78. The predicted octanol–water partition coefficient (Wildman–Crippen LogP) is 1.60. The highest BCUT2D eigenvalue weighted by Crippen LogP contribution is 2.30. The number of carbonyl (C=O) groups excluding carboxylic acids is 1. The highest BCUT2D eigenvalue weighted by Gasteiger charge is 2.19. The second-order valence-corrected chi connectivity index (χ2v) is 7.32. The van der Waals surface area contributed by atoms with Gasteiger partial charge in [-0.2, -0.15) is 4.98 Å². The smallest absolute Gasteiger partial charge is 0.228 e. The third-order valence-electron chi connectivity index (χ3n) is 5.09. The number of rotatable bonds is 4. The Kier molecular flexibility index (Phi) is 5.04. The first-order valence-corrected chi connectivity index (χ1v) is 9.98. The van der Waals surface area contributed by atoms with Crippen molar-refractivity contribution in [2.45, 2.75) is 6.42 Å². The number of hydrogen-bond donors (Lipinski definition) is 2. The van der Waals surface area contributed by atoms with Crippen LogP contribution >= 0.6 is 0 Å². The fourth-order valence-corrected chi connectivity index (χ4v) is 3.50. The van der Waals surface area contributed by atoms with Gasteiger partial charge in [-0.25, -0.2) is 15.0 Å². The molecule has 2 aromatic heterocycles. The minimum atomic E-state index is 0.0783. The van der Waals surface area contributed by atoms with Crippen molar-refractivity contribution in [3.63, 3.8) is 0 Å². The summed E-state index contributed by atoms with van der Waals surface area (Å²) < 4.78 is 11.0. The van der Waals surface area contributed by atoms with Crippen molar-refractivity contribution in [2.75, 3.05) is 48.9 Å². The number of morpholine rings is 1. The van der Waals surface area contributed by atoms with Crippen LogP contribution in [0, 0.1) is 0 Å². The number of nitrogens with one attached hydrogen (secondary N) is 1. The van der Waals surface area contributed by atoms with E-state index >= 15 is 0 Å². The molecular weight excluding hydrogens is 398 g/mol. The lowest BCUT2D eigenvalue weighted by Crippen LogP contribution is -2.37. The minimum absolute atomic E-state index is 0.0783. The molecule has 0 aliphatic carbocycles. The van der Waals surface area contributed by atoms with Crippen molar-refractivity contribution in [1.82, 2.24) is 19.9 Å². The van der Waals surface area contributed by atoms with E-state index in [1.165, 1.54) is 0 Å². The molecule has 1 aromatic carbocycles. The average molecular weight is 419 g/mol. The normalized spacial score (nSPS) is 15.9. The zero-order chi connectivity index (χ0) is 21.2. The van der Waals surface area contributed by atoms with Gasteiger partial charge in [0.25, 0.3) is 0 Å². The zero-order valence-electron chi connectivity index (χ0n) is 16.7. The number of ketones is 1. The van der Waals surface area contributed by atoms with Gasteiger partial charge in [0, 0.05) is 60.9 Å². The molecule has 1 saturated heterocycles. The van der Waals surface area contributed by atoms with Gasteiger partial charge in [-0.3, -0.25) is 4.79 Å². The van der Waals surface area contributed by atoms with E-state index in [-0.39, 0.29) is 18.3 Å². The molecule has 3 aromatic rings. The second-order valence-electron chi connectivity index (χ2n) is 7.32. The van der Waals surface area contributed by atoms with Gasteiger partial charge in [-0.05, 0) is 6.07 Å². The molecule has 0 saturated carbocycles. The monoisotopic (exact) mass is 419 g/mol. The van der Waals surface area contributed by atoms with Crippen molar-refractivity contribution in [1.29, 1.82) is 0 Å². The highest BCUT2D eigenvalue weighted by molar-refractivity contribution is 5.85. The summed E-state index contributed by atoms with van der Waals surface area (Å²) in [5.74, 6) is 2.21. The number of carbonyl (C=O) groups is 1. The third-order valence-corrected chi connectivity index (χ3v) is 5.09. The van der Waals surface area contributed by atoms with E-state index < -0.39 is 0 Å². The zero-order valence-corrected chi connectivity index (χ0v) is 16.7. The first-order valence-electron chi connectivity index (χ1n) is 9.98. The molecule has 0 spiro atoms. The Bertz CT molecular complexity index is 1110. The predicted molar refractivity (Wildman–Crippen MR) is 114 cm³/mol. The van der Waals surface area contributed by atoms with E-state index in [1.54, 1.807) is 12.4 Å². The number of nitrogen functional groups attached to an aromatic ring is 1. The lowest BCUT2D eigenvalue weighted by Gasteiger charge is -2.27. The second kappa shape index (κ2) is 8.15. The molecule has 0 amide bonds. The summed E-state index contributed by atoms with van der Waals surface area (Å²) in [5, 5.41) is 3.33. The molecule has 2 aliphatic rings. The third kappa shape index (κ3) is 4.24. The van der Waals surface area contributed by atoms with E-state index in [9.17, 15) is 4.79 Å². The average Bonchev–Trinajstić information content (AvgIpc) is 2.80. The van der Waals surface area contributed by atoms with Crippen LogP contribution < -0.4 is 20.7 Å². The number of hydrogen-bond acceptors (Lipinski definition) is 10. The van der Waals surface area contributed by atoms with Crippen LogP contribution in [0.1, 0.15) is 5.56 Å². The summed E-state index contributed by atoms with van der Waals surface area (Å²) >= 11 is 0. The van der Waals surface area contributed by atoms with Crippen molar-refractivity contribution < 1.29 is 14.3 Å². The first kappa shape index (κ1) is 19.2.